The Morgan fingerprint density at radius 2 is 1.79 bits per heavy atom. The van der Waals surface area contributed by atoms with Crippen molar-refractivity contribution in [1.29, 1.82) is 0 Å². The summed E-state index contributed by atoms with van der Waals surface area (Å²) in [5.41, 5.74) is -1.29. The van der Waals surface area contributed by atoms with Crippen LogP contribution >= 0.6 is 0 Å². The van der Waals surface area contributed by atoms with Crippen LogP contribution in [0.25, 0.3) is 0 Å². The predicted molar refractivity (Wildman–Crippen MR) is 74.5 cm³/mol. The van der Waals surface area contributed by atoms with Crippen LogP contribution in [-0.2, 0) is 19.9 Å². The van der Waals surface area contributed by atoms with Crippen molar-refractivity contribution < 1.29 is 27.6 Å². The first-order chi connectivity index (χ1) is 11.2. The molecule has 9 heteroatoms. The minimum absolute atomic E-state index is 0.258. The molecule has 0 bridgehead atoms. The number of hydrogen-bond donors (Lipinski definition) is 2. The zero-order chi connectivity index (χ0) is 17.4. The summed E-state index contributed by atoms with van der Waals surface area (Å²) in [5, 5.41) is 4.80. The van der Waals surface area contributed by atoms with Gasteiger partial charge >= 0.3 is 6.18 Å². The minimum atomic E-state index is -4.77. The molecule has 24 heavy (non-hydrogen) atoms. The van der Waals surface area contributed by atoms with Crippen molar-refractivity contribution in [3.8, 4) is 0 Å². The molecular formula is C15H12F3N3O3. The average molecular weight is 339 g/mol. The number of para-hydroxylation sites is 1. The number of carbonyl (C=O) groups excluding carboxylic acids is 3. The first kappa shape index (κ1) is 15.1. The molecule has 3 heterocycles. The van der Waals surface area contributed by atoms with Crippen molar-refractivity contribution in [3.05, 3.63) is 29.8 Å². The molecule has 0 aromatic heterocycles. The van der Waals surface area contributed by atoms with Crippen molar-refractivity contribution in [2.45, 2.75) is 17.8 Å². The van der Waals surface area contributed by atoms with Crippen LogP contribution in [0.4, 0.5) is 18.9 Å². The molecule has 0 aliphatic carbocycles. The molecule has 1 aromatic carbocycles. The van der Waals surface area contributed by atoms with Gasteiger partial charge in [0, 0.05) is 18.3 Å². The van der Waals surface area contributed by atoms with Crippen LogP contribution in [0.15, 0.2) is 24.3 Å². The molecule has 1 spiro atoms. The van der Waals surface area contributed by atoms with Crippen molar-refractivity contribution >= 4 is 23.4 Å². The Labute approximate surface area is 134 Å². The highest BCUT2D eigenvalue weighted by Gasteiger charge is 2.74. The van der Waals surface area contributed by atoms with Gasteiger partial charge in [0.25, 0.3) is 0 Å². The van der Waals surface area contributed by atoms with Crippen LogP contribution in [0.1, 0.15) is 5.56 Å². The van der Waals surface area contributed by atoms with Gasteiger partial charge in [-0.25, -0.2) is 0 Å². The summed E-state index contributed by atoms with van der Waals surface area (Å²) in [6, 6.07) is 3.97. The molecule has 2 N–H and O–H groups in total. The lowest BCUT2D eigenvalue weighted by Crippen LogP contribution is -2.55. The largest absolute Gasteiger partial charge is 0.404 e. The molecule has 0 unspecified atom stereocenters. The van der Waals surface area contributed by atoms with Crippen LogP contribution in [0.2, 0.25) is 0 Å². The van der Waals surface area contributed by atoms with Crippen LogP contribution in [0.5, 0.6) is 0 Å². The summed E-state index contributed by atoms with van der Waals surface area (Å²) >= 11 is 0. The Morgan fingerprint density at radius 3 is 2.46 bits per heavy atom. The molecular weight excluding hydrogens is 327 g/mol. The van der Waals surface area contributed by atoms with Crippen LogP contribution in [0, 0.1) is 11.8 Å². The SMILES string of the molecule is CN1C(=O)[C@H]2[C@@H](C(F)(F)F)N[C@@]3(C(=O)Nc4ccccc43)[C@H]2C1=O. The highest BCUT2D eigenvalue weighted by Crippen LogP contribution is 2.54. The van der Waals surface area contributed by atoms with Gasteiger partial charge < -0.3 is 5.32 Å². The van der Waals surface area contributed by atoms with Crippen molar-refractivity contribution in [2.24, 2.45) is 11.8 Å². The second kappa shape index (κ2) is 4.35. The van der Waals surface area contributed by atoms with E-state index < -0.39 is 47.3 Å². The van der Waals surface area contributed by atoms with Crippen molar-refractivity contribution in [2.75, 3.05) is 12.4 Å². The van der Waals surface area contributed by atoms with E-state index in [4.69, 9.17) is 0 Å². The number of amides is 3. The Kier molecular flexibility index (Phi) is 2.74. The van der Waals surface area contributed by atoms with Crippen LogP contribution < -0.4 is 10.6 Å². The van der Waals surface area contributed by atoms with E-state index >= 15 is 0 Å². The molecule has 2 fully saturated rings. The lowest BCUT2D eigenvalue weighted by Gasteiger charge is -2.29. The third-order valence-corrected chi connectivity index (χ3v) is 5.09. The summed E-state index contributed by atoms with van der Waals surface area (Å²) in [5.74, 6) is -5.53. The zero-order valence-electron chi connectivity index (χ0n) is 12.3. The Bertz CT molecular complexity index is 794. The van der Waals surface area contributed by atoms with Gasteiger partial charge in [0.1, 0.15) is 11.6 Å². The van der Waals surface area contributed by atoms with Gasteiger partial charge in [0.05, 0.1) is 11.8 Å². The first-order valence-electron chi connectivity index (χ1n) is 7.26. The molecule has 1 aromatic rings. The summed E-state index contributed by atoms with van der Waals surface area (Å²) in [6.45, 7) is 0. The molecule has 0 saturated carbocycles. The fourth-order valence-electron chi connectivity index (χ4n) is 4.07. The second-order valence-electron chi connectivity index (χ2n) is 6.21. The van der Waals surface area contributed by atoms with Crippen molar-refractivity contribution in [1.82, 2.24) is 10.2 Å². The number of hydrogen-bond acceptors (Lipinski definition) is 4. The maximum Gasteiger partial charge on any atom is 0.404 e. The predicted octanol–water partition coefficient (Wildman–Crippen LogP) is 0.599. The smallest absolute Gasteiger partial charge is 0.324 e. The summed E-state index contributed by atoms with van der Waals surface area (Å²) < 4.78 is 40.5. The minimum Gasteiger partial charge on any atom is -0.324 e. The van der Waals surface area contributed by atoms with E-state index in [1.807, 2.05) is 0 Å². The van der Waals surface area contributed by atoms with Crippen LogP contribution in [0.3, 0.4) is 0 Å². The summed E-state index contributed by atoms with van der Waals surface area (Å²) in [4.78, 5) is 38.0. The molecule has 126 valence electrons. The third kappa shape index (κ3) is 1.57. The van der Waals surface area contributed by atoms with E-state index in [1.54, 1.807) is 18.2 Å². The number of benzene rings is 1. The fourth-order valence-corrected chi connectivity index (χ4v) is 4.07. The van der Waals surface area contributed by atoms with Crippen molar-refractivity contribution in [3.63, 3.8) is 0 Å². The normalized spacial score (nSPS) is 34.8. The number of nitrogens with one attached hydrogen (secondary N) is 2. The van der Waals surface area contributed by atoms with Crippen LogP contribution in [-0.4, -0.2) is 41.9 Å². The maximum absolute atomic E-state index is 13.5. The standard InChI is InChI=1S/C15H12F3N3O3/c1-21-11(22)8-9(12(21)23)14(20-10(8)15(16,17)18)6-4-2-3-5-7(6)19-13(14)24/h2-5,8-10,20H,1H3,(H,19,24)/t8-,9-,10+,14-/m1/s1. The number of imide groups is 1. The molecule has 3 aliphatic rings. The summed E-state index contributed by atoms with van der Waals surface area (Å²) in [6.07, 6.45) is -4.77. The molecule has 0 radical (unpaired) electrons. The Hall–Kier alpha value is -2.42. The molecule has 3 aliphatic heterocycles. The zero-order valence-corrected chi connectivity index (χ0v) is 12.3. The number of halogens is 3. The van der Waals surface area contributed by atoms with E-state index in [-0.39, 0.29) is 5.56 Å². The van der Waals surface area contributed by atoms with E-state index in [1.165, 1.54) is 6.07 Å². The summed E-state index contributed by atoms with van der Waals surface area (Å²) in [7, 11) is 1.14. The third-order valence-electron chi connectivity index (χ3n) is 5.09. The van der Waals surface area contributed by atoms with Gasteiger partial charge in [-0.05, 0) is 6.07 Å². The molecule has 6 nitrogen and oxygen atoms in total. The van der Waals surface area contributed by atoms with E-state index in [9.17, 15) is 27.6 Å². The fraction of sp³-hybridized carbons (Fsp3) is 0.400. The number of fused-ring (bicyclic) bond motifs is 4. The number of alkyl halides is 3. The quantitative estimate of drug-likeness (QED) is 0.679. The topological polar surface area (TPSA) is 78.5 Å². The number of likely N-dealkylation sites (tertiary alicyclic amines) is 1. The molecule has 2 saturated heterocycles. The number of nitrogens with zero attached hydrogens (tertiary/aromatic N) is 1. The van der Waals surface area contributed by atoms with Gasteiger partial charge in [-0.2, -0.15) is 13.2 Å². The van der Waals surface area contributed by atoms with E-state index in [0.717, 1.165) is 7.05 Å². The monoisotopic (exact) mass is 339 g/mol. The number of rotatable bonds is 0. The van der Waals surface area contributed by atoms with E-state index in [2.05, 4.69) is 10.6 Å². The maximum atomic E-state index is 13.5. The van der Waals surface area contributed by atoms with Gasteiger partial charge in [-0.1, -0.05) is 18.2 Å². The molecule has 4 atom stereocenters. The highest BCUT2D eigenvalue weighted by molar-refractivity contribution is 6.15. The lowest BCUT2D eigenvalue weighted by atomic mass is 9.76. The van der Waals surface area contributed by atoms with Gasteiger partial charge in [-0.3, -0.25) is 24.6 Å². The number of anilines is 1. The second-order valence-corrected chi connectivity index (χ2v) is 6.21. The lowest BCUT2D eigenvalue weighted by molar-refractivity contribution is -0.169. The molecule has 3 amide bonds. The molecule has 4 rings (SSSR count). The average Bonchev–Trinajstić information content (AvgIpc) is 3.09. The highest BCUT2D eigenvalue weighted by atomic mass is 19.4. The van der Waals surface area contributed by atoms with E-state index in [0.29, 0.717) is 10.6 Å². The Morgan fingerprint density at radius 1 is 1.12 bits per heavy atom. The first-order valence-corrected chi connectivity index (χ1v) is 7.26. The van der Waals surface area contributed by atoms with Gasteiger partial charge in [0.15, 0.2) is 0 Å². The Balaban J connectivity index is 1.96. The van der Waals surface area contributed by atoms with Gasteiger partial charge in [0.2, 0.25) is 17.7 Å². The number of carbonyl (C=O) groups is 3. The van der Waals surface area contributed by atoms with Gasteiger partial charge in [-0.15, -0.1) is 0 Å².